The summed E-state index contributed by atoms with van der Waals surface area (Å²) in [5.41, 5.74) is 1.51. The summed E-state index contributed by atoms with van der Waals surface area (Å²) in [6, 6.07) is 9.81. The molecule has 3 aromatic rings. The Kier molecular flexibility index (Phi) is 5.76. The molecular formula is C18H16Cl2N4O3S2. The number of sulfonamides is 1. The number of carbonyl (C=O) groups excluding carboxylic acids is 1. The molecule has 1 aromatic heterocycles. The first kappa shape index (κ1) is 20.5. The van der Waals surface area contributed by atoms with E-state index < -0.39 is 10.0 Å². The molecule has 152 valence electrons. The van der Waals surface area contributed by atoms with Gasteiger partial charge in [0.2, 0.25) is 15.9 Å². The Morgan fingerprint density at radius 3 is 2.59 bits per heavy atom. The van der Waals surface area contributed by atoms with E-state index in [9.17, 15) is 13.2 Å². The molecule has 4 rings (SSSR count). The Morgan fingerprint density at radius 1 is 1.10 bits per heavy atom. The van der Waals surface area contributed by atoms with E-state index in [-0.39, 0.29) is 29.8 Å². The summed E-state index contributed by atoms with van der Waals surface area (Å²) in [5, 5.41) is 3.59. The van der Waals surface area contributed by atoms with Crippen molar-refractivity contribution in [3.63, 3.8) is 0 Å². The lowest BCUT2D eigenvalue weighted by Gasteiger charge is -2.30. The van der Waals surface area contributed by atoms with Crippen molar-refractivity contribution in [2.45, 2.75) is 17.7 Å². The van der Waals surface area contributed by atoms with Gasteiger partial charge >= 0.3 is 0 Å². The quantitative estimate of drug-likeness (QED) is 0.620. The van der Waals surface area contributed by atoms with Gasteiger partial charge in [-0.1, -0.05) is 29.3 Å². The van der Waals surface area contributed by atoms with Crippen LogP contribution in [0.2, 0.25) is 10.0 Å². The van der Waals surface area contributed by atoms with Crippen LogP contribution in [0.15, 0.2) is 41.3 Å². The molecule has 0 atom stereocenters. The van der Waals surface area contributed by atoms with Gasteiger partial charge in [0.15, 0.2) is 0 Å². The lowest BCUT2D eigenvalue weighted by Crippen LogP contribution is -2.41. The predicted octanol–water partition coefficient (Wildman–Crippen LogP) is 4.04. The maximum atomic E-state index is 13.1. The number of fused-ring (bicyclic) bond motifs is 1. The Bertz CT molecular complexity index is 1170. The maximum absolute atomic E-state index is 13.1. The molecule has 1 aliphatic rings. The summed E-state index contributed by atoms with van der Waals surface area (Å²) in [6.07, 6.45) is 0.857. The minimum Gasteiger partial charge on any atom is -0.326 e. The fourth-order valence-electron chi connectivity index (χ4n) is 3.31. The van der Waals surface area contributed by atoms with E-state index >= 15 is 0 Å². The summed E-state index contributed by atoms with van der Waals surface area (Å²) < 4.78 is 35.8. The van der Waals surface area contributed by atoms with Gasteiger partial charge in [-0.15, -0.1) is 0 Å². The van der Waals surface area contributed by atoms with Crippen LogP contribution in [0.3, 0.4) is 0 Å². The van der Waals surface area contributed by atoms with Gasteiger partial charge in [0.05, 0.1) is 21.8 Å². The number of amides is 1. The molecule has 0 aliphatic carbocycles. The normalized spacial score (nSPS) is 16.2. The number of anilines is 1. The zero-order valence-electron chi connectivity index (χ0n) is 15.0. The number of benzene rings is 2. The number of piperidine rings is 1. The molecule has 1 fully saturated rings. The molecule has 0 saturated carbocycles. The number of nitrogens with one attached hydrogen (secondary N) is 1. The van der Waals surface area contributed by atoms with Crippen molar-refractivity contribution < 1.29 is 13.2 Å². The van der Waals surface area contributed by atoms with Crippen molar-refractivity contribution in [2.24, 2.45) is 5.92 Å². The third-order valence-electron chi connectivity index (χ3n) is 4.88. The van der Waals surface area contributed by atoms with Gasteiger partial charge in [-0.3, -0.25) is 4.79 Å². The summed E-state index contributed by atoms with van der Waals surface area (Å²) in [4.78, 5) is 12.7. The van der Waals surface area contributed by atoms with Gasteiger partial charge in [0.25, 0.3) is 0 Å². The van der Waals surface area contributed by atoms with Gasteiger partial charge in [-0.25, -0.2) is 8.42 Å². The molecule has 1 saturated heterocycles. The fourth-order valence-corrected chi connectivity index (χ4v) is 5.83. The van der Waals surface area contributed by atoms with Crippen molar-refractivity contribution in [1.82, 2.24) is 13.1 Å². The molecular weight excluding hydrogens is 455 g/mol. The molecule has 1 N–H and O–H groups in total. The predicted molar refractivity (Wildman–Crippen MR) is 114 cm³/mol. The molecule has 0 unspecified atom stereocenters. The standard InChI is InChI=1S/C18H16Cl2N4O3S2/c19-13-5-4-12(10-14(13)20)21-18(25)11-6-8-24(9-7-11)29(26,27)16-3-1-2-15-17(16)23-28-22-15/h1-5,10-11H,6-9H2,(H,21,25). The van der Waals surface area contributed by atoms with Gasteiger partial charge in [-0.2, -0.15) is 13.1 Å². The highest BCUT2D eigenvalue weighted by Gasteiger charge is 2.33. The molecule has 7 nitrogen and oxygen atoms in total. The monoisotopic (exact) mass is 470 g/mol. The first-order chi connectivity index (χ1) is 13.9. The van der Waals surface area contributed by atoms with Crippen LogP contribution < -0.4 is 5.32 Å². The molecule has 29 heavy (non-hydrogen) atoms. The zero-order chi connectivity index (χ0) is 20.6. The molecule has 0 bridgehead atoms. The molecule has 11 heteroatoms. The Hall–Kier alpha value is -1.78. The second-order valence-corrected chi connectivity index (χ2v) is 9.93. The van der Waals surface area contributed by atoms with E-state index in [1.807, 2.05) is 0 Å². The minimum atomic E-state index is -3.70. The molecule has 1 aliphatic heterocycles. The van der Waals surface area contributed by atoms with E-state index in [1.54, 1.807) is 36.4 Å². The fraction of sp³-hybridized carbons (Fsp3) is 0.278. The summed E-state index contributed by atoms with van der Waals surface area (Å²) in [7, 11) is -3.70. The van der Waals surface area contributed by atoms with Gasteiger partial charge in [0, 0.05) is 24.7 Å². The SMILES string of the molecule is O=C(Nc1ccc(Cl)c(Cl)c1)C1CCN(S(=O)(=O)c2cccc3nsnc23)CC1. The highest BCUT2D eigenvalue weighted by atomic mass is 35.5. The van der Waals surface area contributed by atoms with E-state index in [4.69, 9.17) is 23.2 Å². The Labute approximate surface area is 182 Å². The molecule has 0 spiro atoms. The van der Waals surface area contributed by atoms with E-state index in [1.165, 1.54) is 4.31 Å². The largest absolute Gasteiger partial charge is 0.326 e. The number of hydrogen-bond donors (Lipinski definition) is 1. The summed E-state index contributed by atoms with van der Waals surface area (Å²) in [6.45, 7) is 0.519. The maximum Gasteiger partial charge on any atom is 0.245 e. The van der Waals surface area contributed by atoms with E-state index in [0.717, 1.165) is 11.7 Å². The third-order valence-corrected chi connectivity index (χ3v) is 8.09. The average molecular weight is 471 g/mol. The first-order valence-corrected chi connectivity index (χ1v) is 11.8. The van der Waals surface area contributed by atoms with Crippen LogP contribution in [0.25, 0.3) is 11.0 Å². The smallest absolute Gasteiger partial charge is 0.245 e. The number of aromatic nitrogens is 2. The molecule has 1 amide bonds. The second-order valence-electron chi connectivity index (χ2n) is 6.68. The number of hydrogen-bond acceptors (Lipinski definition) is 6. The number of nitrogens with zero attached hydrogens (tertiary/aromatic N) is 3. The topological polar surface area (TPSA) is 92.3 Å². The van der Waals surface area contributed by atoms with Crippen molar-refractivity contribution in [1.29, 1.82) is 0 Å². The Balaban J connectivity index is 1.44. The first-order valence-electron chi connectivity index (χ1n) is 8.83. The number of halogens is 2. The average Bonchev–Trinajstić information content (AvgIpc) is 3.19. The van der Waals surface area contributed by atoms with Gasteiger partial charge < -0.3 is 5.32 Å². The van der Waals surface area contributed by atoms with Gasteiger partial charge in [-0.05, 0) is 43.2 Å². The molecule has 2 heterocycles. The van der Waals surface area contributed by atoms with Crippen molar-refractivity contribution in [3.05, 3.63) is 46.4 Å². The van der Waals surface area contributed by atoms with Crippen molar-refractivity contribution >= 4 is 67.6 Å². The summed E-state index contributed by atoms with van der Waals surface area (Å²) in [5.74, 6) is -0.445. The zero-order valence-corrected chi connectivity index (χ0v) is 18.2. The van der Waals surface area contributed by atoms with Crippen LogP contribution in [0, 0.1) is 5.92 Å². The number of rotatable bonds is 4. The van der Waals surface area contributed by atoms with Crippen molar-refractivity contribution in [2.75, 3.05) is 18.4 Å². The second kappa shape index (κ2) is 8.16. The molecule has 0 radical (unpaired) electrons. The van der Waals surface area contributed by atoms with Crippen LogP contribution in [0.4, 0.5) is 5.69 Å². The van der Waals surface area contributed by atoms with Crippen LogP contribution in [-0.4, -0.2) is 40.5 Å². The third kappa shape index (κ3) is 4.10. The van der Waals surface area contributed by atoms with Crippen LogP contribution in [0.1, 0.15) is 12.8 Å². The lowest BCUT2D eigenvalue weighted by molar-refractivity contribution is -0.120. The van der Waals surface area contributed by atoms with E-state index in [2.05, 4.69) is 14.1 Å². The highest BCUT2D eigenvalue weighted by molar-refractivity contribution is 7.89. The molecule has 2 aromatic carbocycles. The van der Waals surface area contributed by atoms with Crippen LogP contribution in [-0.2, 0) is 14.8 Å². The minimum absolute atomic E-state index is 0.155. The highest BCUT2D eigenvalue weighted by Crippen LogP contribution is 2.29. The van der Waals surface area contributed by atoms with Crippen LogP contribution in [0.5, 0.6) is 0 Å². The Morgan fingerprint density at radius 2 is 1.86 bits per heavy atom. The van der Waals surface area contributed by atoms with Crippen molar-refractivity contribution in [3.8, 4) is 0 Å². The van der Waals surface area contributed by atoms with Gasteiger partial charge in [0.1, 0.15) is 15.9 Å². The van der Waals surface area contributed by atoms with E-state index in [0.29, 0.717) is 39.6 Å². The van der Waals surface area contributed by atoms with Crippen LogP contribution >= 0.6 is 34.9 Å². The summed E-state index contributed by atoms with van der Waals surface area (Å²) >= 11 is 12.9. The number of carbonyl (C=O) groups is 1. The lowest BCUT2D eigenvalue weighted by atomic mass is 9.97.